The lowest BCUT2D eigenvalue weighted by molar-refractivity contribution is 0.142. The van der Waals surface area contributed by atoms with Gasteiger partial charge in [-0.25, -0.2) is 0 Å². The van der Waals surface area contributed by atoms with Crippen LogP contribution < -0.4 is 5.32 Å². The first-order valence-corrected chi connectivity index (χ1v) is 7.29. The molecule has 0 saturated carbocycles. The summed E-state index contributed by atoms with van der Waals surface area (Å²) in [4.78, 5) is 2.61. The van der Waals surface area contributed by atoms with Crippen LogP contribution in [0.5, 0.6) is 0 Å². The van der Waals surface area contributed by atoms with Gasteiger partial charge in [0.25, 0.3) is 0 Å². The Labute approximate surface area is 127 Å². The van der Waals surface area contributed by atoms with Crippen LogP contribution in [0.15, 0.2) is 24.3 Å². The molecule has 4 heteroatoms. The summed E-state index contributed by atoms with van der Waals surface area (Å²) in [6.45, 7) is 4.64. The smallest absolute Gasteiger partial charge is 0.0406 e. The average Bonchev–Trinajstić information content (AvgIpc) is 2.42. The summed E-state index contributed by atoms with van der Waals surface area (Å²) < 4.78 is 0. The van der Waals surface area contributed by atoms with E-state index < -0.39 is 0 Å². The molecule has 2 nitrogen and oxygen atoms in total. The Bertz CT molecular complexity index is 359. The van der Waals surface area contributed by atoms with Crippen molar-refractivity contribution in [2.45, 2.75) is 38.3 Å². The topological polar surface area (TPSA) is 15.3 Å². The van der Waals surface area contributed by atoms with Gasteiger partial charge in [0.05, 0.1) is 0 Å². The van der Waals surface area contributed by atoms with Crippen molar-refractivity contribution in [2.75, 3.05) is 20.1 Å². The summed E-state index contributed by atoms with van der Waals surface area (Å²) in [7, 11) is 2.07. The number of likely N-dealkylation sites (tertiary alicyclic amines) is 1. The second kappa shape index (κ2) is 8.11. The molecule has 0 radical (unpaired) electrons. The number of nitrogens with one attached hydrogen (secondary N) is 1. The maximum absolute atomic E-state index is 5.96. The summed E-state index contributed by atoms with van der Waals surface area (Å²) in [6, 6.07) is 9.57. The van der Waals surface area contributed by atoms with Crippen LogP contribution in [0.3, 0.4) is 0 Å². The van der Waals surface area contributed by atoms with E-state index in [4.69, 9.17) is 11.6 Å². The van der Waals surface area contributed by atoms with E-state index in [2.05, 4.69) is 36.3 Å². The minimum Gasteiger partial charge on any atom is -0.317 e. The van der Waals surface area contributed by atoms with Crippen LogP contribution in [0.4, 0.5) is 0 Å². The van der Waals surface area contributed by atoms with Gasteiger partial charge in [-0.2, -0.15) is 0 Å². The molecule has 0 amide bonds. The van der Waals surface area contributed by atoms with Gasteiger partial charge in [0.15, 0.2) is 0 Å². The van der Waals surface area contributed by atoms with Crippen molar-refractivity contribution >= 4 is 24.0 Å². The van der Waals surface area contributed by atoms with E-state index in [0.717, 1.165) is 11.4 Å². The predicted molar refractivity (Wildman–Crippen MR) is 85.4 cm³/mol. The fourth-order valence-electron chi connectivity index (χ4n) is 2.89. The number of hydrogen-bond acceptors (Lipinski definition) is 2. The number of piperidine rings is 1. The normalized spacial score (nSPS) is 18.9. The molecule has 19 heavy (non-hydrogen) atoms. The zero-order valence-electron chi connectivity index (χ0n) is 11.7. The van der Waals surface area contributed by atoms with Crippen molar-refractivity contribution < 1.29 is 0 Å². The maximum Gasteiger partial charge on any atom is 0.0406 e. The van der Waals surface area contributed by atoms with E-state index in [1.165, 1.54) is 31.5 Å². The number of halogens is 2. The van der Waals surface area contributed by atoms with Gasteiger partial charge in [-0.05, 0) is 44.0 Å². The van der Waals surface area contributed by atoms with Crippen LogP contribution in [0, 0.1) is 0 Å². The van der Waals surface area contributed by atoms with Gasteiger partial charge < -0.3 is 5.32 Å². The van der Waals surface area contributed by atoms with Gasteiger partial charge in [0.1, 0.15) is 0 Å². The molecule has 1 saturated heterocycles. The predicted octanol–water partition coefficient (Wildman–Crippen LogP) is 3.90. The highest BCUT2D eigenvalue weighted by atomic mass is 35.5. The van der Waals surface area contributed by atoms with E-state index in [0.29, 0.717) is 12.1 Å². The first-order valence-electron chi connectivity index (χ1n) is 6.91. The van der Waals surface area contributed by atoms with E-state index in [1.54, 1.807) is 0 Å². The maximum atomic E-state index is 5.96. The van der Waals surface area contributed by atoms with E-state index in [-0.39, 0.29) is 12.4 Å². The number of hydrogen-bond donors (Lipinski definition) is 1. The quantitative estimate of drug-likeness (QED) is 0.907. The molecule has 1 aliphatic heterocycles. The Morgan fingerprint density at radius 3 is 2.32 bits per heavy atom. The molecule has 0 spiro atoms. The Hall–Kier alpha value is -0.280. The highest BCUT2D eigenvalue weighted by Gasteiger charge is 2.24. The Kier molecular flexibility index (Phi) is 7.16. The van der Waals surface area contributed by atoms with Gasteiger partial charge >= 0.3 is 0 Å². The second-order valence-electron chi connectivity index (χ2n) is 5.07. The van der Waals surface area contributed by atoms with E-state index >= 15 is 0 Å². The fourth-order valence-corrected chi connectivity index (χ4v) is 3.02. The largest absolute Gasteiger partial charge is 0.317 e. The van der Waals surface area contributed by atoms with E-state index in [1.807, 2.05) is 12.1 Å². The molecule has 1 aliphatic rings. The lowest BCUT2D eigenvalue weighted by Crippen LogP contribution is -2.42. The molecule has 1 aromatic carbocycles. The monoisotopic (exact) mass is 302 g/mol. The highest BCUT2D eigenvalue weighted by Crippen LogP contribution is 2.28. The minimum absolute atomic E-state index is 0. The van der Waals surface area contributed by atoms with Crippen LogP contribution in [-0.2, 0) is 0 Å². The van der Waals surface area contributed by atoms with Crippen molar-refractivity contribution in [3.05, 3.63) is 34.9 Å². The van der Waals surface area contributed by atoms with Gasteiger partial charge in [-0.3, -0.25) is 4.90 Å². The molecule has 0 bridgehead atoms. The summed E-state index contributed by atoms with van der Waals surface area (Å²) >= 11 is 5.96. The van der Waals surface area contributed by atoms with Crippen molar-refractivity contribution in [3.63, 3.8) is 0 Å². The fraction of sp³-hybridized carbons (Fsp3) is 0.600. The van der Waals surface area contributed by atoms with Crippen LogP contribution in [0.1, 0.15) is 37.8 Å². The zero-order chi connectivity index (χ0) is 13.0. The number of benzene rings is 1. The van der Waals surface area contributed by atoms with Crippen molar-refractivity contribution in [3.8, 4) is 0 Å². The highest BCUT2D eigenvalue weighted by molar-refractivity contribution is 6.30. The molecule has 0 aromatic heterocycles. The van der Waals surface area contributed by atoms with Crippen LogP contribution in [-0.4, -0.2) is 31.1 Å². The van der Waals surface area contributed by atoms with Crippen molar-refractivity contribution in [1.29, 1.82) is 0 Å². The van der Waals surface area contributed by atoms with Gasteiger partial charge in [-0.1, -0.05) is 30.7 Å². The number of nitrogens with zero attached hydrogens (tertiary/aromatic N) is 1. The molecule has 0 aliphatic carbocycles. The van der Waals surface area contributed by atoms with Crippen molar-refractivity contribution in [1.82, 2.24) is 10.2 Å². The van der Waals surface area contributed by atoms with Gasteiger partial charge in [0, 0.05) is 30.2 Å². The lowest BCUT2D eigenvalue weighted by Gasteiger charge is -2.37. The third kappa shape index (κ3) is 4.35. The minimum atomic E-state index is 0. The Balaban J connectivity index is 0.00000180. The molecule has 2 rings (SSSR count). The molecular weight excluding hydrogens is 279 g/mol. The average molecular weight is 303 g/mol. The van der Waals surface area contributed by atoms with Crippen LogP contribution in [0.2, 0.25) is 5.02 Å². The SMILES string of the molecule is CCC(c1ccc(Cl)cc1)N1CCC(NC)CC1.Cl. The molecule has 1 unspecified atom stereocenters. The Morgan fingerprint density at radius 2 is 1.84 bits per heavy atom. The van der Waals surface area contributed by atoms with Crippen molar-refractivity contribution in [2.24, 2.45) is 0 Å². The van der Waals surface area contributed by atoms with Crippen LogP contribution >= 0.6 is 24.0 Å². The Morgan fingerprint density at radius 1 is 1.26 bits per heavy atom. The molecular formula is C15H24Cl2N2. The lowest BCUT2D eigenvalue weighted by atomic mass is 9.98. The zero-order valence-corrected chi connectivity index (χ0v) is 13.3. The third-order valence-electron chi connectivity index (χ3n) is 4.02. The summed E-state index contributed by atoms with van der Waals surface area (Å²) in [5.41, 5.74) is 1.39. The number of rotatable bonds is 4. The first kappa shape index (κ1) is 16.8. The van der Waals surface area contributed by atoms with Gasteiger partial charge in [0.2, 0.25) is 0 Å². The molecule has 1 heterocycles. The third-order valence-corrected chi connectivity index (χ3v) is 4.27. The standard InChI is InChI=1S/C15H23ClN2.ClH/c1-3-15(12-4-6-13(16)7-5-12)18-10-8-14(17-2)9-11-18;/h4-7,14-15,17H,3,8-11H2,1-2H3;1H. The van der Waals surface area contributed by atoms with Crippen LogP contribution in [0.25, 0.3) is 0 Å². The van der Waals surface area contributed by atoms with E-state index in [9.17, 15) is 0 Å². The molecule has 1 atom stereocenters. The summed E-state index contributed by atoms with van der Waals surface area (Å²) in [6.07, 6.45) is 3.66. The summed E-state index contributed by atoms with van der Waals surface area (Å²) in [5.74, 6) is 0. The molecule has 108 valence electrons. The summed E-state index contributed by atoms with van der Waals surface area (Å²) in [5, 5.41) is 4.21. The second-order valence-corrected chi connectivity index (χ2v) is 5.51. The first-order chi connectivity index (χ1) is 8.74. The van der Waals surface area contributed by atoms with Gasteiger partial charge in [-0.15, -0.1) is 12.4 Å². The molecule has 1 N–H and O–H groups in total. The molecule has 1 fully saturated rings. The molecule has 1 aromatic rings.